The molecule has 2 N–H and O–H groups in total. The first-order valence-electron chi connectivity index (χ1n) is 6.30. The van der Waals surface area contributed by atoms with Crippen molar-refractivity contribution in [1.29, 1.82) is 0 Å². The summed E-state index contributed by atoms with van der Waals surface area (Å²) in [4.78, 5) is 23.1. The molecule has 0 unspecified atom stereocenters. The van der Waals surface area contributed by atoms with Crippen molar-refractivity contribution >= 4 is 17.6 Å². The van der Waals surface area contributed by atoms with Gasteiger partial charge >= 0.3 is 5.97 Å². The lowest BCUT2D eigenvalue weighted by Gasteiger charge is -2.09. The van der Waals surface area contributed by atoms with Crippen molar-refractivity contribution < 1.29 is 19.4 Å². The number of benzene rings is 2. The first-order chi connectivity index (χ1) is 10.0. The number of hydrogen-bond acceptors (Lipinski definition) is 3. The third-order valence-electron chi connectivity index (χ3n) is 3.00. The number of aromatic carboxylic acids is 1. The van der Waals surface area contributed by atoms with Crippen molar-refractivity contribution in [2.45, 2.75) is 6.92 Å². The summed E-state index contributed by atoms with van der Waals surface area (Å²) in [7, 11) is 1.38. The molecule has 21 heavy (non-hydrogen) atoms. The molecule has 2 aromatic carbocycles. The third kappa shape index (κ3) is 3.39. The maximum absolute atomic E-state index is 12.1. The van der Waals surface area contributed by atoms with Crippen LogP contribution in [0.15, 0.2) is 42.5 Å². The first kappa shape index (κ1) is 14.6. The Morgan fingerprint density at radius 1 is 1.10 bits per heavy atom. The number of carboxylic acid groups (broad SMARTS) is 1. The Balaban J connectivity index is 2.21. The molecule has 0 saturated heterocycles. The second kappa shape index (κ2) is 6.09. The zero-order valence-corrected chi connectivity index (χ0v) is 11.7. The number of aryl methyl sites for hydroxylation is 1. The van der Waals surface area contributed by atoms with E-state index in [0.29, 0.717) is 11.3 Å². The lowest BCUT2D eigenvalue weighted by atomic mass is 10.1. The lowest BCUT2D eigenvalue weighted by Crippen LogP contribution is -2.12. The van der Waals surface area contributed by atoms with Crippen LogP contribution in [-0.2, 0) is 0 Å². The Morgan fingerprint density at radius 2 is 1.76 bits per heavy atom. The fraction of sp³-hybridized carbons (Fsp3) is 0.125. The highest BCUT2D eigenvalue weighted by Gasteiger charge is 2.12. The van der Waals surface area contributed by atoms with Gasteiger partial charge in [-0.05, 0) is 31.2 Å². The molecular formula is C16H15NO4. The van der Waals surface area contributed by atoms with Gasteiger partial charge in [0.25, 0.3) is 5.91 Å². The van der Waals surface area contributed by atoms with Crippen LogP contribution in [0.4, 0.5) is 5.69 Å². The van der Waals surface area contributed by atoms with Crippen LogP contribution in [0, 0.1) is 6.92 Å². The quantitative estimate of drug-likeness (QED) is 0.905. The molecule has 0 bridgehead atoms. The van der Waals surface area contributed by atoms with Gasteiger partial charge in [0.2, 0.25) is 0 Å². The van der Waals surface area contributed by atoms with Crippen LogP contribution >= 0.6 is 0 Å². The van der Waals surface area contributed by atoms with E-state index in [-0.39, 0.29) is 17.2 Å². The van der Waals surface area contributed by atoms with Crippen LogP contribution in [0.3, 0.4) is 0 Å². The Bertz CT molecular complexity index is 677. The van der Waals surface area contributed by atoms with E-state index in [9.17, 15) is 9.59 Å². The smallest absolute Gasteiger partial charge is 0.339 e. The maximum Gasteiger partial charge on any atom is 0.339 e. The average molecular weight is 285 g/mol. The fourth-order valence-corrected chi connectivity index (χ4v) is 1.85. The number of carbonyl (C=O) groups excluding carboxylic acids is 1. The van der Waals surface area contributed by atoms with Crippen LogP contribution < -0.4 is 10.1 Å². The molecule has 5 nitrogen and oxygen atoms in total. The van der Waals surface area contributed by atoms with E-state index in [1.165, 1.54) is 25.3 Å². The van der Waals surface area contributed by atoms with Gasteiger partial charge in [-0.25, -0.2) is 4.79 Å². The average Bonchev–Trinajstić information content (AvgIpc) is 2.47. The molecule has 0 aliphatic rings. The normalized spacial score (nSPS) is 10.0. The molecule has 0 fully saturated rings. The van der Waals surface area contributed by atoms with Crippen LogP contribution in [-0.4, -0.2) is 24.1 Å². The fourth-order valence-electron chi connectivity index (χ4n) is 1.85. The molecule has 5 heteroatoms. The minimum absolute atomic E-state index is 0.0471. The highest BCUT2D eigenvalue weighted by atomic mass is 16.5. The molecule has 0 radical (unpaired) electrons. The molecule has 2 aromatic rings. The lowest BCUT2D eigenvalue weighted by molar-refractivity contribution is 0.0693. The Hall–Kier alpha value is -2.82. The van der Waals surface area contributed by atoms with Crippen molar-refractivity contribution in [2.24, 2.45) is 0 Å². The molecule has 2 rings (SSSR count). The van der Waals surface area contributed by atoms with Gasteiger partial charge in [-0.15, -0.1) is 0 Å². The Morgan fingerprint density at radius 3 is 2.33 bits per heavy atom. The summed E-state index contributed by atoms with van der Waals surface area (Å²) >= 11 is 0. The van der Waals surface area contributed by atoms with Gasteiger partial charge in [0.05, 0.1) is 7.11 Å². The molecule has 108 valence electrons. The molecule has 0 aromatic heterocycles. The zero-order valence-electron chi connectivity index (χ0n) is 11.7. The molecule has 0 saturated carbocycles. The number of nitrogens with one attached hydrogen (secondary N) is 1. The number of carbonyl (C=O) groups is 2. The first-order valence-corrected chi connectivity index (χ1v) is 6.30. The number of amides is 1. The van der Waals surface area contributed by atoms with Crippen molar-refractivity contribution in [3.8, 4) is 5.75 Å². The second-order valence-corrected chi connectivity index (χ2v) is 4.54. The number of hydrogen-bond donors (Lipinski definition) is 2. The summed E-state index contributed by atoms with van der Waals surface area (Å²) in [5.41, 5.74) is 2.12. The van der Waals surface area contributed by atoms with E-state index in [1.54, 1.807) is 12.1 Å². The standard InChI is InChI=1S/C16H15NO4/c1-10-3-5-11(6-4-10)15(18)17-12-7-8-13(16(19)20)14(9-12)21-2/h3-9H,1-2H3,(H,17,18)(H,19,20). The minimum Gasteiger partial charge on any atom is -0.496 e. The third-order valence-corrected chi connectivity index (χ3v) is 3.00. The highest BCUT2D eigenvalue weighted by Crippen LogP contribution is 2.23. The van der Waals surface area contributed by atoms with Gasteiger partial charge in [-0.1, -0.05) is 17.7 Å². The summed E-state index contributed by atoms with van der Waals surface area (Å²) in [5.74, 6) is -1.15. The van der Waals surface area contributed by atoms with Gasteiger partial charge in [-0.3, -0.25) is 4.79 Å². The second-order valence-electron chi connectivity index (χ2n) is 4.54. The Kier molecular flexibility index (Phi) is 4.23. The van der Waals surface area contributed by atoms with Gasteiger partial charge in [0.1, 0.15) is 11.3 Å². The SMILES string of the molecule is COc1cc(NC(=O)c2ccc(C)cc2)ccc1C(=O)O. The predicted molar refractivity (Wildman–Crippen MR) is 79.1 cm³/mol. The van der Waals surface area contributed by atoms with Crippen LogP contribution in [0.1, 0.15) is 26.3 Å². The van der Waals surface area contributed by atoms with Gasteiger partial charge in [0.15, 0.2) is 0 Å². The maximum atomic E-state index is 12.1. The molecule has 0 heterocycles. The molecular weight excluding hydrogens is 270 g/mol. The number of carboxylic acids is 1. The van der Waals surface area contributed by atoms with Gasteiger partial charge in [-0.2, -0.15) is 0 Å². The van der Waals surface area contributed by atoms with E-state index < -0.39 is 5.97 Å². The molecule has 0 aliphatic heterocycles. The summed E-state index contributed by atoms with van der Waals surface area (Å²) in [5, 5.41) is 11.7. The van der Waals surface area contributed by atoms with Crippen molar-refractivity contribution in [3.63, 3.8) is 0 Å². The van der Waals surface area contributed by atoms with E-state index in [1.807, 2.05) is 19.1 Å². The van der Waals surface area contributed by atoms with Gasteiger partial charge < -0.3 is 15.2 Å². The number of methoxy groups -OCH3 is 1. The summed E-state index contributed by atoms with van der Waals surface area (Å²) < 4.78 is 5.02. The summed E-state index contributed by atoms with van der Waals surface area (Å²) in [6, 6.07) is 11.6. The van der Waals surface area contributed by atoms with Crippen LogP contribution in [0.5, 0.6) is 5.75 Å². The zero-order chi connectivity index (χ0) is 15.4. The van der Waals surface area contributed by atoms with Crippen LogP contribution in [0.25, 0.3) is 0 Å². The minimum atomic E-state index is -1.08. The largest absolute Gasteiger partial charge is 0.496 e. The topological polar surface area (TPSA) is 75.6 Å². The molecule has 0 atom stereocenters. The Labute approximate surface area is 122 Å². The van der Waals surface area contributed by atoms with Crippen molar-refractivity contribution in [2.75, 3.05) is 12.4 Å². The van der Waals surface area contributed by atoms with Crippen molar-refractivity contribution in [3.05, 3.63) is 59.2 Å². The van der Waals surface area contributed by atoms with E-state index in [0.717, 1.165) is 5.56 Å². The van der Waals surface area contributed by atoms with E-state index >= 15 is 0 Å². The summed E-state index contributed by atoms with van der Waals surface area (Å²) in [6.45, 7) is 1.94. The number of ether oxygens (including phenoxy) is 1. The van der Waals surface area contributed by atoms with Crippen molar-refractivity contribution in [1.82, 2.24) is 0 Å². The summed E-state index contributed by atoms with van der Waals surface area (Å²) in [6.07, 6.45) is 0. The monoisotopic (exact) mass is 285 g/mol. The predicted octanol–water partition coefficient (Wildman–Crippen LogP) is 2.95. The van der Waals surface area contributed by atoms with Crippen LogP contribution in [0.2, 0.25) is 0 Å². The van der Waals surface area contributed by atoms with E-state index in [2.05, 4.69) is 5.32 Å². The molecule has 0 spiro atoms. The highest BCUT2D eigenvalue weighted by molar-refractivity contribution is 6.04. The molecule has 1 amide bonds. The van der Waals surface area contributed by atoms with E-state index in [4.69, 9.17) is 9.84 Å². The van der Waals surface area contributed by atoms with Gasteiger partial charge in [0, 0.05) is 17.3 Å². The molecule has 0 aliphatic carbocycles. The number of anilines is 1. The number of rotatable bonds is 4.